The number of amides is 3. The molecule has 1 aliphatic rings. The topological polar surface area (TPSA) is 94.9 Å². The van der Waals surface area contributed by atoms with Crippen LogP contribution in [0.25, 0.3) is 0 Å². The Morgan fingerprint density at radius 1 is 1.20 bits per heavy atom. The summed E-state index contributed by atoms with van der Waals surface area (Å²) in [6, 6.07) is 6.08. The van der Waals surface area contributed by atoms with E-state index >= 15 is 0 Å². The highest BCUT2D eigenvalue weighted by molar-refractivity contribution is 6.29. The number of aliphatic hydroxyl groups is 2. The maximum absolute atomic E-state index is 12.2. The molecule has 0 aromatic heterocycles. The molecule has 106 valence electrons. The number of benzene rings is 1. The van der Waals surface area contributed by atoms with Crippen molar-refractivity contribution in [2.45, 2.75) is 20.0 Å². The highest BCUT2D eigenvalue weighted by Gasteiger charge is 2.45. The quantitative estimate of drug-likeness (QED) is 0.769. The molecule has 20 heavy (non-hydrogen) atoms. The molecule has 1 heterocycles. The van der Waals surface area contributed by atoms with Gasteiger partial charge >= 0.3 is 0 Å². The first-order valence-electron chi connectivity index (χ1n) is 6.12. The van der Waals surface area contributed by atoms with Crippen LogP contribution in [0.5, 0.6) is 0 Å². The zero-order valence-corrected chi connectivity index (χ0v) is 11.2. The van der Waals surface area contributed by atoms with Gasteiger partial charge in [-0.25, -0.2) is 4.90 Å². The fraction of sp³-hybridized carbons (Fsp3) is 0.357. The molecule has 1 atom stereocenters. The SMILES string of the molecule is CC(C)(CO)C(O)C(=O)N1C(=O)c2ccccc2C1=O. The molecule has 6 nitrogen and oxygen atoms in total. The number of carbonyl (C=O) groups excluding carboxylic acids is 3. The van der Waals surface area contributed by atoms with Crippen molar-refractivity contribution < 1.29 is 24.6 Å². The molecule has 1 aliphatic heterocycles. The van der Waals surface area contributed by atoms with Gasteiger partial charge in [-0.05, 0) is 12.1 Å². The molecule has 1 unspecified atom stereocenters. The van der Waals surface area contributed by atoms with Crippen molar-refractivity contribution in [3.8, 4) is 0 Å². The number of aliphatic hydroxyl groups excluding tert-OH is 2. The van der Waals surface area contributed by atoms with Gasteiger partial charge in [0.1, 0.15) is 6.10 Å². The summed E-state index contributed by atoms with van der Waals surface area (Å²) < 4.78 is 0. The molecule has 2 rings (SSSR count). The fourth-order valence-corrected chi connectivity index (χ4v) is 1.93. The van der Waals surface area contributed by atoms with Gasteiger partial charge in [0, 0.05) is 5.41 Å². The minimum Gasteiger partial charge on any atom is -0.396 e. The van der Waals surface area contributed by atoms with E-state index in [0.29, 0.717) is 4.90 Å². The molecule has 3 amide bonds. The molecule has 1 aromatic rings. The van der Waals surface area contributed by atoms with E-state index in [0.717, 1.165) is 0 Å². The molecule has 0 saturated carbocycles. The Labute approximate surface area is 115 Å². The second-order valence-corrected chi connectivity index (χ2v) is 5.38. The summed E-state index contributed by atoms with van der Waals surface area (Å²) in [6.45, 7) is 2.48. The molecule has 0 spiro atoms. The van der Waals surface area contributed by atoms with Crippen molar-refractivity contribution in [1.82, 2.24) is 4.90 Å². The summed E-state index contributed by atoms with van der Waals surface area (Å²) in [5.74, 6) is -2.51. The zero-order valence-electron chi connectivity index (χ0n) is 11.2. The van der Waals surface area contributed by atoms with E-state index in [4.69, 9.17) is 5.11 Å². The lowest BCUT2D eigenvalue weighted by Crippen LogP contribution is -2.49. The molecule has 2 N–H and O–H groups in total. The van der Waals surface area contributed by atoms with Crippen molar-refractivity contribution in [2.75, 3.05) is 6.61 Å². The van der Waals surface area contributed by atoms with Gasteiger partial charge in [-0.2, -0.15) is 0 Å². The van der Waals surface area contributed by atoms with Crippen molar-refractivity contribution in [3.63, 3.8) is 0 Å². The maximum Gasteiger partial charge on any atom is 0.268 e. The second kappa shape index (κ2) is 4.81. The summed E-state index contributed by atoms with van der Waals surface area (Å²) in [7, 11) is 0. The van der Waals surface area contributed by atoms with Crippen molar-refractivity contribution in [1.29, 1.82) is 0 Å². The average Bonchev–Trinajstić information content (AvgIpc) is 2.70. The fourth-order valence-electron chi connectivity index (χ4n) is 1.93. The van der Waals surface area contributed by atoms with E-state index in [1.54, 1.807) is 12.1 Å². The maximum atomic E-state index is 12.2. The number of nitrogens with zero attached hydrogens (tertiary/aromatic N) is 1. The Kier molecular flexibility index (Phi) is 3.45. The van der Waals surface area contributed by atoms with Gasteiger partial charge in [-0.15, -0.1) is 0 Å². The lowest BCUT2D eigenvalue weighted by atomic mass is 9.87. The number of rotatable bonds is 3. The van der Waals surface area contributed by atoms with Gasteiger partial charge in [0.15, 0.2) is 0 Å². The van der Waals surface area contributed by atoms with E-state index in [-0.39, 0.29) is 11.1 Å². The third-order valence-corrected chi connectivity index (χ3v) is 3.40. The van der Waals surface area contributed by atoms with E-state index in [1.165, 1.54) is 26.0 Å². The zero-order chi connectivity index (χ0) is 15.1. The largest absolute Gasteiger partial charge is 0.396 e. The van der Waals surface area contributed by atoms with Crippen LogP contribution in [0.3, 0.4) is 0 Å². The summed E-state index contributed by atoms with van der Waals surface area (Å²) in [5.41, 5.74) is -0.869. The van der Waals surface area contributed by atoms with E-state index in [1.807, 2.05) is 0 Å². The Bertz CT molecular complexity index is 558. The van der Waals surface area contributed by atoms with Crippen LogP contribution in [-0.2, 0) is 4.79 Å². The van der Waals surface area contributed by atoms with Crippen LogP contribution >= 0.6 is 0 Å². The number of hydrogen-bond acceptors (Lipinski definition) is 5. The van der Waals surface area contributed by atoms with E-state index in [9.17, 15) is 19.5 Å². The lowest BCUT2D eigenvalue weighted by molar-refractivity contribution is -0.142. The molecule has 0 saturated heterocycles. The predicted octanol–water partition coefficient (Wildman–Crippen LogP) is 0.189. The normalized spacial score (nSPS) is 16.3. The highest BCUT2D eigenvalue weighted by atomic mass is 16.3. The minimum absolute atomic E-state index is 0.139. The Balaban J connectivity index is 2.35. The summed E-state index contributed by atoms with van der Waals surface area (Å²) in [6.07, 6.45) is -1.64. The Hall–Kier alpha value is -2.05. The van der Waals surface area contributed by atoms with Crippen molar-refractivity contribution in [3.05, 3.63) is 35.4 Å². The van der Waals surface area contributed by atoms with Crippen LogP contribution in [0.2, 0.25) is 0 Å². The molecular weight excluding hydrogens is 262 g/mol. The number of hydrogen-bond donors (Lipinski definition) is 2. The highest BCUT2D eigenvalue weighted by Crippen LogP contribution is 2.27. The summed E-state index contributed by atoms with van der Waals surface area (Å²) >= 11 is 0. The van der Waals surface area contributed by atoms with Gasteiger partial charge in [0.25, 0.3) is 17.7 Å². The van der Waals surface area contributed by atoms with Crippen molar-refractivity contribution >= 4 is 17.7 Å². The first-order chi connectivity index (χ1) is 9.31. The Morgan fingerprint density at radius 3 is 2.05 bits per heavy atom. The van der Waals surface area contributed by atoms with Gasteiger partial charge in [-0.3, -0.25) is 14.4 Å². The number of fused-ring (bicyclic) bond motifs is 1. The average molecular weight is 277 g/mol. The standard InChI is InChI=1S/C14H15NO5/c1-14(2,7-16)10(17)13(20)15-11(18)8-5-3-4-6-9(8)12(15)19/h3-6,10,16-17H,7H2,1-2H3. The lowest BCUT2D eigenvalue weighted by Gasteiger charge is -2.28. The van der Waals surface area contributed by atoms with Gasteiger partial charge in [0.2, 0.25) is 0 Å². The van der Waals surface area contributed by atoms with Crippen LogP contribution in [0, 0.1) is 5.41 Å². The molecular formula is C14H15NO5. The van der Waals surface area contributed by atoms with Crippen molar-refractivity contribution in [2.24, 2.45) is 5.41 Å². The number of carbonyl (C=O) groups is 3. The van der Waals surface area contributed by atoms with Crippen LogP contribution in [-0.4, -0.2) is 45.5 Å². The molecule has 0 radical (unpaired) electrons. The first kappa shape index (κ1) is 14.4. The summed E-state index contributed by atoms with van der Waals surface area (Å²) in [4.78, 5) is 36.8. The smallest absolute Gasteiger partial charge is 0.268 e. The monoisotopic (exact) mass is 277 g/mol. The van der Waals surface area contributed by atoms with E-state index in [2.05, 4.69) is 0 Å². The molecule has 0 aliphatic carbocycles. The van der Waals surface area contributed by atoms with Gasteiger partial charge < -0.3 is 10.2 Å². The van der Waals surface area contributed by atoms with Gasteiger partial charge in [-0.1, -0.05) is 26.0 Å². The van der Waals surface area contributed by atoms with Crippen LogP contribution < -0.4 is 0 Å². The third-order valence-electron chi connectivity index (χ3n) is 3.40. The molecule has 0 fully saturated rings. The third kappa shape index (κ3) is 2.03. The Morgan fingerprint density at radius 2 is 1.65 bits per heavy atom. The van der Waals surface area contributed by atoms with E-state index < -0.39 is 35.8 Å². The minimum atomic E-state index is -1.64. The van der Waals surface area contributed by atoms with Crippen LogP contribution in [0.1, 0.15) is 34.6 Å². The molecule has 6 heteroatoms. The molecule has 0 bridgehead atoms. The van der Waals surface area contributed by atoms with Crippen LogP contribution in [0.15, 0.2) is 24.3 Å². The van der Waals surface area contributed by atoms with Gasteiger partial charge in [0.05, 0.1) is 17.7 Å². The summed E-state index contributed by atoms with van der Waals surface area (Å²) in [5, 5.41) is 19.1. The second-order valence-electron chi connectivity index (χ2n) is 5.38. The van der Waals surface area contributed by atoms with Crippen LogP contribution in [0.4, 0.5) is 0 Å². The first-order valence-corrected chi connectivity index (χ1v) is 6.12. The number of imide groups is 3. The molecule has 1 aromatic carbocycles. The predicted molar refractivity (Wildman–Crippen MR) is 68.8 cm³/mol.